The van der Waals surface area contributed by atoms with E-state index in [1.165, 1.54) is 5.56 Å². The van der Waals surface area contributed by atoms with E-state index in [0.29, 0.717) is 13.0 Å². The summed E-state index contributed by atoms with van der Waals surface area (Å²) in [7, 11) is 0. The second-order valence-electron chi connectivity index (χ2n) is 7.55. The van der Waals surface area contributed by atoms with Gasteiger partial charge in [0.05, 0.1) is 12.2 Å². The fourth-order valence-corrected chi connectivity index (χ4v) is 4.23. The van der Waals surface area contributed by atoms with Crippen LogP contribution in [0, 0.1) is 19.3 Å². The van der Waals surface area contributed by atoms with Gasteiger partial charge in [0.1, 0.15) is 5.76 Å². The van der Waals surface area contributed by atoms with Crippen LogP contribution in [0.5, 0.6) is 0 Å². The van der Waals surface area contributed by atoms with E-state index < -0.39 is 0 Å². The molecule has 6 heteroatoms. The number of pyridine rings is 1. The van der Waals surface area contributed by atoms with Gasteiger partial charge in [0.15, 0.2) is 0 Å². The molecule has 2 fully saturated rings. The number of hydrogen-bond acceptors (Lipinski definition) is 5. The molecule has 25 heavy (non-hydrogen) atoms. The summed E-state index contributed by atoms with van der Waals surface area (Å²) in [4.78, 5) is 21.2. The molecule has 0 aromatic carbocycles. The Morgan fingerprint density at radius 3 is 2.88 bits per heavy atom. The molecule has 0 aliphatic carbocycles. The van der Waals surface area contributed by atoms with Gasteiger partial charge in [0, 0.05) is 49.4 Å². The van der Waals surface area contributed by atoms with Crippen LogP contribution in [-0.2, 0) is 17.9 Å². The first kappa shape index (κ1) is 16.3. The van der Waals surface area contributed by atoms with Gasteiger partial charge in [0.2, 0.25) is 5.91 Å². The van der Waals surface area contributed by atoms with Gasteiger partial charge in [-0.15, -0.1) is 0 Å². The summed E-state index contributed by atoms with van der Waals surface area (Å²) in [6.45, 7) is 8.23. The van der Waals surface area contributed by atoms with Crippen molar-refractivity contribution in [1.29, 1.82) is 0 Å². The SMILES string of the molecule is Cc1noc(C)c1CN1CC2(CCN(Cc3cccnc3)C2)CC1=O. The maximum atomic E-state index is 12.6. The highest BCUT2D eigenvalue weighted by molar-refractivity contribution is 5.79. The summed E-state index contributed by atoms with van der Waals surface area (Å²) in [6, 6.07) is 4.09. The topological polar surface area (TPSA) is 62.5 Å². The van der Waals surface area contributed by atoms with Crippen LogP contribution < -0.4 is 0 Å². The van der Waals surface area contributed by atoms with Crippen molar-refractivity contribution in [2.75, 3.05) is 19.6 Å². The van der Waals surface area contributed by atoms with Crippen LogP contribution in [0.15, 0.2) is 29.0 Å². The number of carbonyl (C=O) groups is 1. The van der Waals surface area contributed by atoms with Gasteiger partial charge in [-0.1, -0.05) is 11.2 Å². The molecule has 4 rings (SSSR count). The maximum Gasteiger partial charge on any atom is 0.223 e. The molecule has 0 bridgehead atoms. The number of hydrogen-bond donors (Lipinski definition) is 0. The zero-order valence-electron chi connectivity index (χ0n) is 14.9. The molecule has 4 heterocycles. The van der Waals surface area contributed by atoms with Gasteiger partial charge in [0.25, 0.3) is 0 Å². The quantitative estimate of drug-likeness (QED) is 0.855. The van der Waals surface area contributed by atoms with Crippen LogP contribution in [0.1, 0.15) is 35.4 Å². The van der Waals surface area contributed by atoms with Crippen LogP contribution in [0.2, 0.25) is 0 Å². The van der Waals surface area contributed by atoms with Gasteiger partial charge in [-0.25, -0.2) is 0 Å². The minimum atomic E-state index is 0.0955. The van der Waals surface area contributed by atoms with Gasteiger partial charge in [-0.2, -0.15) is 0 Å². The lowest BCUT2D eigenvalue weighted by atomic mass is 9.86. The molecule has 2 aliphatic rings. The monoisotopic (exact) mass is 340 g/mol. The molecule has 0 N–H and O–H groups in total. The Morgan fingerprint density at radius 1 is 1.28 bits per heavy atom. The van der Waals surface area contributed by atoms with E-state index in [1.807, 2.05) is 31.0 Å². The zero-order valence-corrected chi connectivity index (χ0v) is 14.9. The van der Waals surface area contributed by atoms with Gasteiger partial charge in [-0.05, 0) is 38.4 Å². The van der Waals surface area contributed by atoms with Crippen molar-refractivity contribution >= 4 is 5.91 Å². The van der Waals surface area contributed by atoms with Crippen LogP contribution in [0.25, 0.3) is 0 Å². The zero-order chi connectivity index (χ0) is 17.4. The summed E-state index contributed by atoms with van der Waals surface area (Å²) in [5.41, 5.74) is 3.26. The molecular weight excluding hydrogens is 316 g/mol. The maximum absolute atomic E-state index is 12.6. The molecular formula is C19H24N4O2. The van der Waals surface area contributed by atoms with Crippen molar-refractivity contribution in [3.63, 3.8) is 0 Å². The molecule has 0 saturated carbocycles. The molecule has 1 spiro atoms. The van der Waals surface area contributed by atoms with E-state index in [1.54, 1.807) is 6.20 Å². The van der Waals surface area contributed by atoms with Crippen LogP contribution >= 0.6 is 0 Å². The number of amides is 1. The molecule has 132 valence electrons. The number of rotatable bonds is 4. The van der Waals surface area contributed by atoms with E-state index in [9.17, 15) is 4.79 Å². The Bertz CT molecular complexity index is 753. The van der Waals surface area contributed by atoms with Crippen LogP contribution in [0.3, 0.4) is 0 Å². The minimum absolute atomic E-state index is 0.0955. The number of aryl methyl sites for hydroxylation is 2. The Hall–Kier alpha value is -2.21. The highest BCUT2D eigenvalue weighted by Gasteiger charge is 2.47. The lowest BCUT2D eigenvalue weighted by Gasteiger charge is -2.24. The van der Waals surface area contributed by atoms with Crippen molar-refractivity contribution in [1.82, 2.24) is 19.9 Å². The number of likely N-dealkylation sites (tertiary alicyclic amines) is 2. The van der Waals surface area contributed by atoms with E-state index in [4.69, 9.17) is 4.52 Å². The Labute approximate surface area is 147 Å². The average molecular weight is 340 g/mol. The molecule has 1 unspecified atom stereocenters. The fraction of sp³-hybridized carbons (Fsp3) is 0.526. The number of aromatic nitrogens is 2. The van der Waals surface area contributed by atoms with E-state index >= 15 is 0 Å². The molecule has 2 aromatic rings. The molecule has 6 nitrogen and oxygen atoms in total. The van der Waals surface area contributed by atoms with Crippen molar-refractivity contribution < 1.29 is 9.32 Å². The largest absolute Gasteiger partial charge is 0.361 e. The van der Waals surface area contributed by atoms with Gasteiger partial charge >= 0.3 is 0 Å². The second-order valence-corrected chi connectivity index (χ2v) is 7.55. The van der Waals surface area contributed by atoms with E-state index in [0.717, 1.165) is 49.6 Å². The summed E-state index contributed by atoms with van der Waals surface area (Å²) >= 11 is 0. The van der Waals surface area contributed by atoms with Crippen molar-refractivity contribution in [2.24, 2.45) is 5.41 Å². The Balaban J connectivity index is 1.42. The third-order valence-electron chi connectivity index (χ3n) is 5.58. The average Bonchev–Trinajstić information content (AvgIpc) is 3.23. The first-order valence-corrected chi connectivity index (χ1v) is 8.85. The smallest absolute Gasteiger partial charge is 0.223 e. The number of carbonyl (C=O) groups excluding carboxylic acids is 1. The second kappa shape index (κ2) is 6.26. The van der Waals surface area contributed by atoms with E-state index in [2.05, 4.69) is 21.1 Å². The predicted molar refractivity (Wildman–Crippen MR) is 92.6 cm³/mol. The predicted octanol–water partition coefficient (Wildman–Crippen LogP) is 2.31. The molecule has 2 aromatic heterocycles. The van der Waals surface area contributed by atoms with E-state index in [-0.39, 0.29) is 11.3 Å². The van der Waals surface area contributed by atoms with Crippen LogP contribution in [-0.4, -0.2) is 45.5 Å². The standard InChI is InChI=1S/C19H24N4O2/c1-14-17(15(2)25-21-14)11-23-13-19(8-18(23)24)5-7-22(12-19)10-16-4-3-6-20-9-16/h3-4,6,9H,5,7-8,10-13H2,1-2H3. The molecule has 0 radical (unpaired) electrons. The Kier molecular flexibility index (Phi) is 4.07. The summed E-state index contributed by atoms with van der Waals surface area (Å²) in [5, 5.41) is 4.00. The normalized spacial score (nSPS) is 23.9. The summed E-state index contributed by atoms with van der Waals surface area (Å²) in [6.07, 6.45) is 5.46. The first-order valence-electron chi connectivity index (χ1n) is 8.85. The fourth-order valence-electron chi connectivity index (χ4n) is 4.23. The molecule has 2 saturated heterocycles. The number of nitrogens with zero attached hydrogens (tertiary/aromatic N) is 4. The van der Waals surface area contributed by atoms with Crippen LogP contribution in [0.4, 0.5) is 0 Å². The molecule has 1 amide bonds. The highest BCUT2D eigenvalue weighted by Crippen LogP contribution is 2.41. The Morgan fingerprint density at radius 2 is 2.16 bits per heavy atom. The summed E-state index contributed by atoms with van der Waals surface area (Å²) in [5.74, 6) is 1.07. The van der Waals surface area contributed by atoms with Gasteiger partial charge < -0.3 is 9.42 Å². The summed E-state index contributed by atoms with van der Waals surface area (Å²) < 4.78 is 5.24. The van der Waals surface area contributed by atoms with Crippen molar-refractivity contribution in [2.45, 2.75) is 39.8 Å². The lowest BCUT2D eigenvalue weighted by molar-refractivity contribution is -0.128. The van der Waals surface area contributed by atoms with Crippen molar-refractivity contribution in [3.8, 4) is 0 Å². The third kappa shape index (κ3) is 3.18. The molecule has 1 atom stereocenters. The lowest BCUT2D eigenvalue weighted by Crippen LogP contribution is -2.31. The first-order chi connectivity index (χ1) is 12.0. The molecule has 2 aliphatic heterocycles. The van der Waals surface area contributed by atoms with Crippen molar-refractivity contribution in [3.05, 3.63) is 47.1 Å². The van der Waals surface area contributed by atoms with Gasteiger partial charge in [-0.3, -0.25) is 14.7 Å². The third-order valence-corrected chi connectivity index (χ3v) is 5.58. The highest BCUT2D eigenvalue weighted by atomic mass is 16.5. The minimum Gasteiger partial charge on any atom is -0.361 e.